The first-order valence-corrected chi connectivity index (χ1v) is 18.9. The van der Waals surface area contributed by atoms with Gasteiger partial charge in [-0.3, -0.25) is 4.99 Å². The molecule has 9 aromatic rings. The van der Waals surface area contributed by atoms with Crippen molar-refractivity contribution in [2.45, 2.75) is 19.4 Å². The number of rotatable bonds is 5. The number of benzene rings is 8. The van der Waals surface area contributed by atoms with Crippen molar-refractivity contribution in [1.29, 1.82) is 0 Å². The summed E-state index contributed by atoms with van der Waals surface area (Å²) >= 11 is 0. The second-order valence-corrected chi connectivity index (χ2v) is 14.5. The Morgan fingerprint density at radius 3 is 2.00 bits per heavy atom. The van der Waals surface area contributed by atoms with E-state index >= 15 is 0 Å². The molecule has 0 N–H and O–H groups in total. The summed E-state index contributed by atoms with van der Waals surface area (Å²) in [5.74, 6) is 0. The molecule has 2 heteroatoms. The molecule has 1 aliphatic heterocycles. The Labute approximate surface area is 320 Å². The van der Waals surface area contributed by atoms with Gasteiger partial charge in [0.05, 0.1) is 11.8 Å². The molecule has 0 saturated heterocycles. The molecule has 1 aromatic heterocycles. The van der Waals surface area contributed by atoms with Gasteiger partial charge in [-0.2, -0.15) is 0 Å². The summed E-state index contributed by atoms with van der Waals surface area (Å²) in [6, 6.07) is 62.2. The molecule has 0 bridgehead atoms. The van der Waals surface area contributed by atoms with E-state index in [1.807, 2.05) is 6.07 Å². The average Bonchev–Trinajstić information content (AvgIpc) is 3.62. The van der Waals surface area contributed by atoms with Crippen LogP contribution in [0.5, 0.6) is 0 Å². The zero-order valence-electron chi connectivity index (χ0n) is 30.6. The van der Waals surface area contributed by atoms with Crippen LogP contribution in [0.25, 0.3) is 71.3 Å². The van der Waals surface area contributed by atoms with Crippen molar-refractivity contribution in [3.8, 4) is 22.3 Å². The van der Waals surface area contributed by atoms with Crippen molar-refractivity contribution in [3.05, 3.63) is 216 Å². The topological polar surface area (TPSA) is 25.5 Å². The molecule has 0 amide bonds. The first kappa shape index (κ1) is 32.6. The zero-order valence-corrected chi connectivity index (χ0v) is 30.6. The number of aliphatic imine (C=N–C) groups is 1. The molecule has 0 saturated carbocycles. The second kappa shape index (κ2) is 13.5. The quantitative estimate of drug-likeness (QED) is 0.0995. The predicted octanol–water partition coefficient (Wildman–Crippen LogP) is 14.3. The Kier molecular flexibility index (Phi) is 7.98. The predicted molar refractivity (Wildman–Crippen MR) is 232 cm³/mol. The van der Waals surface area contributed by atoms with E-state index in [-0.39, 0.29) is 6.04 Å². The molecular formula is C53H37NO. The fourth-order valence-corrected chi connectivity index (χ4v) is 8.36. The van der Waals surface area contributed by atoms with Crippen LogP contribution in [0.15, 0.2) is 209 Å². The summed E-state index contributed by atoms with van der Waals surface area (Å²) in [5, 5.41) is 7.17. The SMILES string of the molecule is C=C1CC(c2cccc3oc4ccc(-c5cc6ccccc6c6ccccc56)cc4c23)=C=C(C)/C(c2ccc(-c3ccccc3)cc2)=N\C1c1ccccc1. The number of nitrogens with zero attached hydrogens (tertiary/aromatic N) is 1. The van der Waals surface area contributed by atoms with Gasteiger partial charge in [0.15, 0.2) is 0 Å². The summed E-state index contributed by atoms with van der Waals surface area (Å²) in [7, 11) is 0. The van der Waals surface area contributed by atoms with E-state index in [1.54, 1.807) is 0 Å². The van der Waals surface area contributed by atoms with Gasteiger partial charge in [0.25, 0.3) is 0 Å². The number of hydrogen-bond donors (Lipinski definition) is 0. The Morgan fingerprint density at radius 2 is 1.20 bits per heavy atom. The van der Waals surface area contributed by atoms with E-state index in [0.717, 1.165) is 66.6 Å². The van der Waals surface area contributed by atoms with Crippen LogP contribution >= 0.6 is 0 Å². The lowest BCUT2D eigenvalue weighted by Crippen LogP contribution is -2.10. The van der Waals surface area contributed by atoms with Gasteiger partial charge in [0.2, 0.25) is 0 Å². The maximum absolute atomic E-state index is 6.58. The van der Waals surface area contributed by atoms with Gasteiger partial charge >= 0.3 is 0 Å². The monoisotopic (exact) mass is 703 g/mol. The first-order chi connectivity index (χ1) is 27.1. The van der Waals surface area contributed by atoms with Crippen LogP contribution < -0.4 is 0 Å². The highest BCUT2D eigenvalue weighted by Gasteiger charge is 2.23. The highest BCUT2D eigenvalue weighted by molar-refractivity contribution is 6.17. The van der Waals surface area contributed by atoms with Gasteiger partial charge in [-0.1, -0.05) is 158 Å². The van der Waals surface area contributed by atoms with E-state index in [1.165, 1.54) is 38.2 Å². The third kappa shape index (κ3) is 5.81. The lowest BCUT2D eigenvalue weighted by Gasteiger charge is -2.22. The molecule has 1 atom stereocenters. The number of fused-ring (bicyclic) bond motifs is 6. The van der Waals surface area contributed by atoms with Crippen LogP contribution in [-0.4, -0.2) is 5.71 Å². The molecule has 0 aliphatic carbocycles. The Balaban J connectivity index is 1.16. The Morgan fingerprint density at radius 1 is 0.545 bits per heavy atom. The normalized spacial score (nSPS) is 15.8. The molecule has 0 radical (unpaired) electrons. The van der Waals surface area contributed by atoms with Gasteiger partial charge in [-0.25, -0.2) is 0 Å². The Bertz CT molecular complexity index is 3050. The smallest absolute Gasteiger partial charge is 0.136 e. The van der Waals surface area contributed by atoms with Crippen molar-refractivity contribution >= 4 is 54.8 Å². The summed E-state index contributed by atoms with van der Waals surface area (Å²) in [4.78, 5) is 5.45. The number of furan rings is 1. The maximum Gasteiger partial charge on any atom is 0.136 e. The van der Waals surface area contributed by atoms with Crippen LogP contribution in [-0.2, 0) is 0 Å². The summed E-state index contributed by atoms with van der Waals surface area (Å²) < 4.78 is 6.58. The van der Waals surface area contributed by atoms with E-state index in [0.29, 0.717) is 6.42 Å². The van der Waals surface area contributed by atoms with Gasteiger partial charge < -0.3 is 4.42 Å². The van der Waals surface area contributed by atoms with E-state index in [9.17, 15) is 0 Å². The molecule has 1 unspecified atom stereocenters. The maximum atomic E-state index is 6.58. The summed E-state index contributed by atoms with van der Waals surface area (Å²) in [6.45, 7) is 6.83. The molecule has 0 fully saturated rings. The molecule has 0 spiro atoms. The van der Waals surface area contributed by atoms with E-state index in [4.69, 9.17) is 16.0 Å². The molecule has 2 nitrogen and oxygen atoms in total. The standard InChI is InChI=1S/C53H37NO/c1-34-30-42(31-35(2)53(54-52(34)38-16-7-4-8-17-38)39-26-24-37(25-27-39)36-14-5-3-6-15-36)44-22-13-23-50-51(44)48-33-41(28-29-49(48)55-50)47-32-40-18-9-10-19-43(40)45-20-11-12-21-46(45)47/h3-29,32-33,52H,1,30H2,2H3/b54-53+. The van der Waals surface area contributed by atoms with E-state index in [2.05, 4.69) is 183 Å². The van der Waals surface area contributed by atoms with Crippen LogP contribution in [0, 0.1) is 0 Å². The van der Waals surface area contributed by atoms with Crippen molar-refractivity contribution in [2.75, 3.05) is 0 Å². The van der Waals surface area contributed by atoms with Crippen LogP contribution in [0.4, 0.5) is 0 Å². The highest BCUT2D eigenvalue weighted by atomic mass is 16.3. The van der Waals surface area contributed by atoms with Crippen LogP contribution in [0.1, 0.15) is 36.1 Å². The number of allylic oxidation sites excluding steroid dienone is 1. The number of hydrogen-bond acceptors (Lipinski definition) is 2. The highest BCUT2D eigenvalue weighted by Crippen LogP contribution is 2.42. The van der Waals surface area contributed by atoms with Crippen molar-refractivity contribution in [3.63, 3.8) is 0 Å². The summed E-state index contributed by atoms with van der Waals surface area (Å²) in [6.07, 6.45) is 0.626. The first-order valence-electron chi connectivity index (χ1n) is 18.9. The summed E-state index contributed by atoms with van der Waals surface area (Å²) in [5.41, 5.74) is 17.6. The zero-order chi connectivity index (χ0) is 36.9. The fraction of sp³-hybridized carbons (Fsp3) is 0.0566. The van der Waals surface area contributed by atoms with Gasteiger partial charge in [-0.15, -0.1) is 5.73 Å². The van der Waals surface area contributed by atoms with Gasteiger partial charge in [0, 0.05) is 33.9 Å². The second-order valence-electron chi connectivity index (χ2n) is 14.5. The largest absolute Gasteiger partial charge is 0.456 e. The molecule has 2 heterocycles. The van der Waals surface area contributed by atoms with E-state index < -0.39 is 0 Å². The average molecular weight is 704 g/mol. The third-order valence-electron chi connectivity index (χ3n) is 11.0. The molecule has 55 heavy (non-hydrogen) atoms. The van der Waals surface area contributed by atoms with Gasteiger partial charge in [0.1, 0.15) is 11.2 Å². The van der Waals surface area contributed by atoms with Gasteiger partial charge in [-0.05, 0) is 91.7 Å². The molecule has 1 aliphatic rings. The lowest BCUT2D eigenvalue weighted by atomic mass is 9.87. The molecular weight excluding hydrogens is 667 g/mol. The minimum atomic E-state index is -0.217. The molecule has 8 aromatic carbocycles. The third-order valence-corrected chi connectivity index (χ3v) is 11.0. The minimum absolute atomic E-state index is 0.217. The van der Waals surface area contributed by atoms with Crippen molar-refractivity contribution in [2.24, 2.45) is 4.99 Å². The molecule has 10 rings (SSSR count). The minimum Gasteiger partial charge on any atom is -0.456 e. The van der Waals surface area contributed by atoms with Crippen LogP contribution in [0.2, 0.25) is 0 Å². The molecule has 260 valence electrons. The Hall–Kier alpha value is -6.99. The fourth-order valence-electron chi connectivity index (χ4n) is 8.36. The van der Waals surface area contributed by atoms with Crippen LogP contribution in [0.3, 0.4) is 0 Å². The van der Waals surface area contributed by atoms with Crippen molar-refractivity contribution in [1.82, 2.24) is 0 Å². The van der Waals surface area contributed by atoms with Crippen molar-refractivity contribution < 1.29 is 4.42 Å². The lowest BCUT2D eigenvalue weighted by molar-refractivity contribution is 0.669.